The summed E-state index contributed by atoms with van der Waals surface area (Å²) in [6.45, 7) is 0.625. The molecule has 1 aromatic rings. The van der Waals surface area contributed by atoms with Gasteiger partial charge in [-0.05, 0) is 0 Å². The highest BCUT2D eigenvalue weighted by Gasteiger charge is 2.27. The molecule has 1 aromatic heterocycles. The molecule has 8 heteroatoms. The van der Waals surface area contributed by atoms with Gasteiger partial charge in [-0.15, -0.1) is 23.8 Å². The van der Waals surface area contributed by atoms with E-state index in [2.05, 4.69) is 9.97 Å². The molecule has 7 nitrogen and oxygen atoms in total. The molecule has 5 N–H and O–H groups in total. The van der Waals surface area contributed by atoms with E-state index in [1.165, 1.54) is 36.9 Å². The first-order valence-corrected chi connectivity index (χ1v) is 4.68. The number of aliphatic hydroxyl groups excluding tert-OH is 4. The third-order valence-electron chi connectivity index (χ3n) is 2.15. The lowest BCUT2D eigenvalue weighted by Gasteiger charge is -2.20. The van der Waals surface area contributed by atoms with Crippen molar-refractivity contribution in [1.29, 1.82) is 0.594 Å². The molecule has 0 saturated heterocycles. The van der Waals surface area contributed by atoms with Gasteiger partial charge in [0.05, 0.1) is 18.5 Å². The Morgan fingerprint density at radius 2 is 2.18 bits per heavy atom. The summed E-state index contributed by atoms with van der Waals surface area (Å²) in [5, 5.41) is 36.7. The van der Waals surface area contributed by atoms with E-state index in [-0.39, 0.29) is 17.3 Å². The van der Waals surface area contributed by atoms with E-state index >= 15 is 0 Å². The monoisotopic (exact) mass is 360 g/mol. The van der Waals surface area contributed by atoms with Gasteiger partial charge >= 0.3 is 0 Å². The van der Waals surface area contributed by atoms with Gasteiger partial charge in [-0.2, -0.15) is 0 Å². The van der Waals surface area contributed by atoms with Crippen molar-refractivity contribution in [2.75, 3.05) is 6.61 Å². The van der Waals surface area contributed by atoms with Crippen LogP contribution in [0.1, 0.15) is 29.3 Å². The number of H-pyrrole nitrogens is 1. The molecular formula is C9H15IN2O5. The Bertz CT molecular complexity index is 376. The van der Waals surface area contributed by atoms with E-state index in [0.717, 1.165) is 0 Å². The number of nitrogens with one attached hydrogen (secondary N) is 1. The van der Waals surface area contributed by atoms with Crippen molar-refractivity contribution in [3.8, 4) is 0 Å². The molecular weight excluding hydrogens is 343 g/mol. The number of aromatic amines is 1. The molecule has 0 aliphatic heterocycles. The summed E-state index contributed by atoms with van der Waals surface area (Å²) in [6, 6.07) is 0. The van der Waals surface area contributed by atoms with Gasteiger partial charge in [0, 0.05) is 6.92 Å². The molecule has 0 saturated carbocycles. The molecule has 1 heterocycles. The Labute approximate surface area is 115 Å². The normalized spacial score (nSPS) is 16.2. The summed E-state index contributed by atoms with van der Waals surface area (Å²) in [4.78, 5) is 17.1. The van der Waals surface area contributed by atoms with Crippen LogP contribution >= 0.6 is 23.8 Å². The van der Waals surface area contributed by atoms with Crippen molar-refractivity contribution in [2.24, 2.45) is 0 Å². The molecule has 17 heavy (non-hydrogen) atoms. The standard InChI is InChI=1S/C9H14N2O5.HI/c1-4(13)9-10-2-5(11-9)7(15)8(16)6(14)3-12;/h2,6-8,12,14-16H,3H2,1H3,(H,10,11);1H/i/hT. The van der Waals surface area contributed by atoms with Crippen LogP contribution in [0.5, 0.6) is 0 Å². The third kappa shape index (κ3) is 4.00. The van der Waals surface area contributed by atoms with Gasteiger partial charge in [-0.25, -0.2) is 4.98 Å². The number of carbonyl (C=O) groups excluding carboxylic acids is 1. The fourth-order valence-corrected chi connectivity index (χ4v) is 1.17. The lowest BCUT2D eigenvalue weighted by Crippen LogP contribution is -2.34. The van der Waals surface area contributed by atoms with Gasteiger partial charge in [-0.3, -0.25) is 4.79 Å². The van der Waals surface area contributed by atoms with E-state index in [4.69, 9.17) is 10.8 Å². The minimum Gasteiger partial charge on any atom is -0.394 e. The number of hydrogen-bond donors (Lipinski definition) is 5. The SMILES string of the molecule is CC(=O)c1ncc(C(O)C(O)C(O)CO)[nH]1.[3H]I. The summed E-state index contributed by atoms with van der Waals surface area (Å²) < 4.78 is 5.72. The number of Topliss-reactive ketones (excluding diaryl/α,β-unsaturated/α-hetero) is 1. The molecule has 0 fully saturated rings. The Hall–Kier alpha value is -0.550. The molecule has 0 radical (unpaired) electrons. The predicted octanol–water partition coefficient (Wildman–Crippen LogP) is -1.02. The van der Waals surface area contributed by atoms with E-state index in [9.17, 15) is 15.0 Å². The van der Waals surface area contributed by atoms with E-state index in [1.807, 2.05) is 0 Å². The topological polar surface area (TPSA) is 127 Å². The molecule has 0 aliphatic rings. The highest BCUT2D eigenvalue weighted by molar-refractivity contribution is 14.0. The van der Waals surface area contributed by atoms with Crippen LogP contribution in [0, 0.1) is 0 Å². The number of ketones is 1. The molecule has 3 unspecified atom stereocenters. The van der Waals surface area contributed by atoms with Crippen LogP contribution in [0.4, 0.5) is 0 Å². The van der Waals surface area contributed by atoms with Crippen molar-refractivity contribution in [3.63, 3.8) is 0 Å². The van der Waals surface area contributed by atoms with Crippen molar-refractivity contribution in [3.05, 3.63) is 17.7 Å². The number of imidazole rings is 1. The predicted molar refractivity (Wildman–Crippen MR) is 68.1 cm³/mol. The van der Waals surface area contributed by atoms with Gasteiger partial charge in [-0.1, -0.05) is 0 Å². The van der Waals surface area contributed by atoms with Crippen LogP contribution in [0.15, 0.2) is 6.20 Å². The molecule has 98 valence electrons. The van der Waals surface area contributed by atoms with Gasteiger partial charge < -0.3 is 25.4 Å². The van der Waals surface area contributed by atoms with Gasteiger partial charge in [0.2, 0.25) is 0 Å². The summed E-state index contributed by atoms with van der Waals surface area (Å²) in [5.74, 6) is -0.254. The summed E-state index contributed by atoms with van der Waals surface area (Å²) >= 11 is 1.40. The Balaban J connectivity index is 0.00000137. The second kappa shape index (κ2) is 7.01. The second-order valence-electron chi connectivity index (χ2n) is 3.43. The average molecular weight is 360 g/mol. The summed E-state index contributed by atoms with van der Waals surface area (Å²) in [7, 11) is 0. The Morgan fingerprint density at radius 1 is 1.59 bits per heavy atom. The van der Waals surface area contributed by atoms with Crippen molar-refractivity contribution >= 4 is 29.6 Å². The van der Waals surface area contributed by atoms with Crippen molar-refractivity contribution in [2.45, 2.75) is 25.2 Å². The number of nitrogens with zero attached hydrogens (tertiary/aromatic N) is 1. The zero-order valence-electron chi connectivity index (χ0n) is 10.0. The lowest BCUT2D eigenvalue weighted by atomic mass is 10.1. The van der Waals surface area contributed by atoms with Gasteiger partial charge in [0.1, 0.15) is 18.9 Å². The van der Waals surface area contributed by atoms with E-state index in [0.29, 0.717) is 0 Å². The maximum atomic E-state index is 10.9. The minimum atomic E-state index is -1.55. The van der Waals surface area contributed by atoms with Crippen LogP contribution in [-0.2, 0) is 0 Å². The van der Waals surface area contributed by atoms with Crippen LogP contribution < -0.4 is 0 Å². The fraction of sp³-hybridized carbons (Fsp3) is 0.556. The number of hydrogen-bond acceptors (Lipinski definition) is 6. The first-order chi connectivity index (χ1) is 8.47. The summed E-state index contributed by atoms with van der Waals surface area (Å²) in [5.41, 5.74) is 0.102. The number of carbonyl (C=O) groups is 1. The Morgan fingerprint density at radius 3 is 2.59 bits per heavy atom. The number of aliphatic hydroxyl groups is 4. The number of halogens is 1. The largest absolute Gasteiger partial charge is 0.394 e. The zero-order valence-corrected chi connectivity index (χ0v) is 11.2. The highest BCUT2D eigenvalue weighted by atomic mass is 127. The maximum absolute atomic E-state index is 10.9. The lowest BCUT2D eigenvalue weighted by molar-refractivity contribution is -0.0788. The van der Waals surface area contributed by atoms with Crippen LogP contribution in [0.2, 0.25) is 0 Å². The summed E-state index contributed by atoms with van der Waals surface area (Å²) in [6.07, 6.45) is -3.26. The molecule has 0 amide bonds. The van der Waals surface area contributed by atoms with Crippen LogP contribution in [-0.4, -0.2) is 55.6 Å². The zero-order chi connectivity index (χ0) is 14.3. The van der Waals surface area contributed by atoms with Crippen molar-refractivity contribution < 1.29 is 25.2 Å². The van der Waals surface area contributed by atoms with Gasteiger partial charge in [0.15, 0.2) is 11.6 Å². The first kappa shape index (κ1) is 14.5. The molecule has 0 aromatic carbocycles. The fourth-order valence-electron chi connectivity index (χ4n) is 1.17. The van der Waals surface area contributed by atoms with E-state index in [1.54, 1.807) is 0 Å². The second-order valence-corrected chi connectivity index (χ2v) is 3.43. The van der Waals surface area contributed by atoms with Crippen LogP contribution in [0.25, 0.3) is 0 Å². The smallest absolute Gasteiger partial charge is 0.194 e. The molecule has 0 aliphatic carbocycles. The third-order valence-corrected chi connectivity index (χ3v) is 2.15. The Kier molecular flexibility index (Phi) is 5.98. The van der Waals surface area contributed by atoms with Gasteiger partial charge in [0.25, 0.3) is 0 Å². The molecule has 3 atom stereocenters. The highest BCUT2D eigenvalue weighted by Crippen LogP contribution is 2.17. The maximum Gasteiger partial charge on any atom is 0.194 e. The average Bonchev–Trinajstić information content (AvgIpc) is 2.88. The molecule has 1 rings (SSSR count). The quantitative estimate of drug-likeness (QED) is 0.338. The minimum absolute atomic E-state index is 0.0553. The number of rotatable bonds is 5. The van der Waals surface area contributed by atoms with E-state index < -0.39 is 24.9 Å². The molecule has 0 bridgehead atoms. The van der Waals surface area contributed by atoms with Crippen molar-refractivity contribution in [1.82, 2.24) is 9.97 Å². The molecule has 0 spiro atoms. The first-order valence-electron chi connectivity index (χ1n) is 5.06. The number of aromatic nitrogens is 2. The van der Waals surface area contributed by atoms with Crippen LogP contribution in [0.3, 0.4) is 0 Å².